The molecule has 1 saturated carbocycles. The van der Waals surface area contributed by atoms with Gasteiger partial charge >= 0.3 is 5.97 Å². The van der Waals surface area contributed by atoms with Gasteiger partial charge in [0.25, 0.3) is 0 Å². The van der Waals surface area contributed by atoms with Crippen molar-refractivity contribution < 1.29 is 14.3 Å². The summed E-state index contributed by atoms with van der Waals surface area (Å²) in [4.78, 5) is 12.0. The normalized spacial score (nSPS) is 16.0. The Bertz CT molecular complexity index is 646. The van der Waals surface area contributed by atoms with Gasteiger partial charge in [0.2, 0.25) is 0 Å². The number of methoxy groups -OCH3 is 1. The van der Waals surface area contributed by atoms with Gasteiger partial charge in [-0.2, -0.15) is 5.26 Å². The molecule has 1 aromatic heterocycles. The SMILES string of the molecule is COCCOC(=O)/C(C#N)=C/c1cc(C)n(C2CCCCC2)c1C. The molecule has 5 heteroatoms. The minimum absolute atomic E-state index is 0.0231. The van der Waals surface area contributed by atoms with E-state index in [0.29, 0.717) is 12.6 Å². The molecular weight excluding hydrogens is 304 g/mol. The van der Waals surface area contributed by atoms with Crippen LogP contribution in [-0.4, -0.2) is 30.9 Å². The third-order valence-corrected chi connectivity index (χ3v) is 4.62. The zero-order chi connectivity index (χ0) is 17.5. The molecule has 1 fully saturated rings. The van der Waals surface area contributed by atoms with Crippen LogP contribution < -0.4 is 0 Å². The van der Waals surface area contributed by atoms with Crippen LogP contribution in [0.4, 0.5) is 0 Å². The lowest BCUT2D eigenvalue weighted by Crippen LogP contribution is -2.15. The lowest BCUT2D eigenvalue weighted by atomic mass is 9.95. The monoisotopic (exact) mass is 330 g/mol. The predicted octanol–water partition coefficient (Wildman–Crippen LogP) is 3.71. The van der Waals surface area contributed by atoms with E-state index < -0.39 is 5.97 Å². The Morgan fingerprint density at radius 2 is 2.04 bits per heavy atom. The second-order valence-electron chi connectivity index (χ2n) is 6.29. The van der Waals surface area contributed by atoms with Gasteiger partial charge in [-0.1, -0.05) is 19.3 Å². The van der Waals surface area contributed by atoms with Crippen LogP contribution in [-0.2, 0) is 14.3 Å². The van der Waals surface area contributed by atoms with Crippen molar-refractivity contribution in [2.45, 2.75) is 52.0 Å². The van der Waals surface area contributed by atoms with Crippen LogP contribution in [0, 0.1) is 25.2 Å². The van der Waals surface area contributed by atoms with Gasteiger partial charge in [0.05, 0.1) is 6.61 Å². The van der Waals surface area contributed by atoms with Crippen molar-refractivity contribution in [2.24, 2.45) is 0 Å². The van der Waals surface area contributed by atoms with Crippen LogP contribution in [0.25, 0.3) is 6.08 Å². The highest BCUT2D eigenvalue weighted by atomic mass is 16.6. The van der Waals surface area contributed by atoms with Gasteiger partial charge in [0.15, 0.2) is 0 Å². The lowest BCUT2D eigenvalue weighted by Gasteiger charge is -2.26. The number of ether oxygens (including phenoxy) is 2. The van der Waals surface area contributed by atoms with E-state index in [2.05, 4.69) is 18.4 Å². The van der Waals surface area contributed by atoms with Gasteiger partial charge in [-0.15, -0.1) is 0 Å². The summed E-state index contributed by atoms with van der Waals surface area (Å²) >= 11 is 0. The summed E-state index contributed by atoms with van der Waals surface area (Å²) in [5.74, 6) is -0.600. The Morgan fingerprint density at radius 1 is 1.33 bits per heavy atom. The van der Waals surface area contributed by atoms with Crippen molar-refractivity contribution in [1.82, 2.24) is 4.57 Å². The predicted molar refractivity (Wildman–Crippen MR) is 92.5 cm³/mol. The van der Waals surface area contributed by atoms with Gasteiger partial charge in [-0.3, -0.25) is 0 Å². The van der Waals surface area contributed by atoms with Crippen LogP contribution in [0.2, 0.25) is 0 Å². The Labute approximate surface area is 143 Å². The molecule has 1 heterocycles. The van der Waals surface area contributed by atoms with Gasteiger partial charge < -0.3 is 14.0 Å². The maximum Gasteiger partial charge on any atom is 0.348 e. The molecule has 0 N–H and O–H groups in total. The number of carbonyl (C=O) groups is 1. The van der Waals surface area contributed by atoms with E-state index in [1.54, 1.807) is 6.08 Å². The first-order valence-corrected chi connectivity index (χ1v) is 8.54. The van der Waals surface area contributed by atoms with E-state index in [-0.39, 0.29) is 12.2 Å². The lowest BCUT2D eigenvalue weighted by molar-refractivity contribution is -0.139. The molecule has 0 radical (unpaired) electrons. The van der Waals surface area contributed by atoms with Gasteiger partial charge in [-0.25, -0.2) is 4.79 Å². The van der Waals surface area contributed by atoms with Crippen molar-refractivity contribution in [3.63, 3.8) is 0 Å². The van der Waals surface area contributed by atoms with Gasteiger partial charge in [0.1, 0.15) is 18.2 Å². The quantitative estimate of drug-likeness (QED) is 0.345. The zero-order valence-corrected chi connectivity index (χ0v) is 14.8. The second-order valence-corrected chi connectivity index (χ2v) is 6.29. The molecule has 1 aliphatic carbocycles. The molecule has 5 nitrogen and oxygen atoms in total. The number of carbonyl (C=O) groups excluding carboxylic acids is 1. The summed E-state index contributed by atoms with van der Waals surface area (Å²) in [6.07, 6.45) is 7.88. The van der Waals surface area contributed by atoms with Crippen molar-refractivity contribution in [1.29, 1.82) is 5.26 Å². The molecule has 0 aliphatic heterocycles. The van der Waals surface area contributed by atoms with E-state index in [9.17, 15) is 10.1 Å². The molecule has 2 rings (SSSR count). The summed E-state index contributed by atoms with van der Waals surface area (Å²) in [7, 11) is 1.54. The van der Waals surface area contributed by atoms with Crippen LogP contribution in [0.5, 0.6) is 0 Å². The van der Waals surface area contributed by atoms with Crippen LogP contribution in [0.3, 0.4) is 0 Å². The number of hydrogen-bond donors (Lipinski definition) is 0. The maximum atomic E-state index is 12.0. The third kappa shape index (κ3) is 4.27. The second kappa shape index (κ2) is 8.70. The highest BCUT2D eigenvalue weighted by molar-refractivity contribution is 5.98. The fourth-order valence-electron chi connectivity index (χ4n) is 3.44. The third-order valence-electron chi connectivity index (χ3n) is 4.62. The Morgan fingerprint density at radius 3 is 2.67 bits per heavy atom. The zero-order valence-electron chi connectivity index (χ0n) is 14.8. The number of nitrogens with zero attached hydrogens (tertiary/aromatic N) is 2. The molecule has 0 spiro atoms. The fraction of sp³-hybridized carbons (Fsp3) is 0.579. The molecule has 1 aliphatic rings. The Kier molecular flexibility index (Phi) is 6.62. The van der Waals surface area contributed by atoms with Gasteiger partial charge in [0, 0.05) is 24.5 Å². The van der Waals surface area contributed by atoms with E-state index in [0.717, 1.165) is 11.3 Å². The first-order chi connectivity index (χ1) is 11.6. The summed E-state index contributed by atoms with van der Waals surface area (Å²) in [6.45, 7) is 4.61. The smallest absolute Gasteiger partial charge is 0.348 e. The first kappa shape index (κ1) is 18.3. The number of aromatic nitrogens is 1. The first-order valence-electron chi connectivity index (χ1n) is 8.54. The highest BCUT2D eigenvalue weighted by Crippen LogP contribution is 2.32. The maximum absolute atomic E-state index is 12.0. The topological polar surface area (TPSA) is 64.2 Å². The van der Waals surface area contributed by atoms with Crippen molar-refractivity contribution in [3.05, 3.63) is 28.6 Å². The minimum atomic E-state index is -0.600. The molecule has 1 aromatic rings. The van der Waals surface area contributed by atoms with E-state index >= 15 is 0 Å². The van der Waals surface area contributed by atoms with Crippen LogP contribution in [0.15, 0.2) is 11.6 Å². The van der Waals surface area contributed by atoms with E-state index in [1.165, 1.54) is 44.9 Å². The van der Waals surface area contributed by atoms with E-state index in [4.69, 9.17) is 9.47 Å². The molecule has 0 saturated heterocycles. The Hall–Kier alpha value is -2.06. The number of hydrogen-bond acceptors (Lipinski definition) is 4. The highest BCUT2D eigenvalue weighted by Gasteiger charge is 2.20. The van der Waals surface area contributed by atoms with E-state index in [1.807, 2.05) is 12.1 Å². The van der Waals surface area contributed by atoms with Crippen LogP contribution >= 0.6 is 0 Å². The van der Waals surface area contributed by atoms with Crippen molar-refractivity contribution in [2.75, 3.05) is 20.3 Å². The molecule has 130 valence electrons. The molecule has 0 unspecified atom stereocenters. The average Bonchev–Trinajstić information content (AvgIpc) is 2.87. The average molecular weight is 330 g/mol. The number of nitriles is 1. The molecule has 0 atom stereocenters. The van der Waals surface area contributed by atoms with Crippen LogP contribution in [0.1, 0.15) is 55.1 Å². The largest absolute Gasteiger partial charge is 0.459 e. The standard InChI is InChI=1S/C19H26N2O3/c1-14-11-16(12-17(13-20)19(22)24-10-9-23-3)15(2)21(14)18-7-5-4-6-8-18/h11-12,18H,4-10H2,1-3H3/b17-12+. The minimum Gasteiger partial charge on any atom is -0.459 e. The summed E-state index contributed by atoms with van der Waals surface area (Å²) in [5, 5.41) is 9.27. The summed E-state index contributed by atoms with van der Waals surface area (Å²) in [6, 6.07) is 4.52. The summed E-state index contributed by atoms with van der Waals surface area (Å²) < 4.78 is 12.2. The molecular formula is C19H26N2O3. The van der Waals surface area contributed by atoms with Crippen molar-refractivity contribution >= 4 is 12.0 Å². The molecule has 24 heavy (non-hydrogen) atoms. The van der Waals surface area contributed by atoms with Gasteiger partial charge in [-0.05, 0) is 44.4 Å². The number of esters is 1. The number of aryl methyl sites for hydroxylation is 1. The Balaban J connectivity index is 2.21. The molecule has 0 amide bonds. The summed E-state index contributed by atoms with van der Waals surface area (Å²) in [5.41, 5.74) is 3.22. The van der Waals surface area contributed by atoms with Crippen molar-refractivity contribution in [3.8, 4) is 6.07 Å². The number of rotatable bonds is 6. The molecule has 0 aromatic carbocycles. The fourth-order valence-corrected chi connectivity index (χ4v) is 3.44. The molecule has 0 bridgehead atoms.